The monoisotopic (exact) mass is 632 g/mol. The number of nitrogens with zero attached hydrogens (tertiary/aromatic N) is 1. The van der Waals surface area contributed by atoms with Crippen LogP contribution in [0.1, 0.15) is 11.1 Å². The molecule has 37 heavy (non-hydrogen) atoms. The highest BCUT2D eigenvalue weighted by Gasteiger charge is 2.37. The van der Waals surface area contributed by atoms with Crippen molar-refractivity contribution in [2.75, 3.05) is 18.8 Å². The summed E-state index contributed by atoms with van der Waals surface area (Å²) >= 11 is 8.31. The van der Waals surface area contributed by atoms with Crippen LogP contribution in [-0.4, -0.2) is 31.7 Å². The van der Waals surface area contributed by atoms with E-state index in [0.29, 0.717) is 37.2 Å². The maximum Gasteiger partial charge on any atom is 0.335 e. The van der Waals surface area contributed by atoms with Crippen molar-refractivity contribution in [2.24, 2.45) is 0 Å². The first-order valence-electron chi connectivity index (χ1n) is 10.9. The van der Waals surface area contributed by atoms with Crippen molar-refractivity contribution in [3.63, 3.8) is 0 Å². The number of hydrogen-bond acceptors (Lipinski definition) is 7. The summed E-state index contributed by atoms with van der Waals surface area (Å²) in [6.07, 6.45) is 1.40. The van der Waals surface area contributed by atoms with Crippen LogP contribution in [0.4, 0.5) is 10.5 Å². The molecule has 5 rings (SSSR count). The first-order chi connectivity index (χ1) is 17.9. The molecule has 1 fully saturated rings. The number of barbiturate groups is 1. The van der Waals surface area contributed by atoms with E-state index in [9.17, 15) is 14.4 Å². The van der Waals surface area contributed by atoms with Gasteiger partial charge in [-0.25, -0.2) is 9.69 Å². The summed E-state index contributed by atoms with van der Waals surface area (Å²) in [6.45, 7) is 0.265. The van der Waals surface area contributed by atoms with Gasteiger partial charge in [0.1, 0.15) is 12.2 Å². The average molecular weight is 633 g/mol. The number of carbonyl (C=O) groups is 3. The Kier molecular flexibility index (Phi) is 6.94. The summed E-state index contributed by atoms with van der Waals surface area (Å²) in [4.78, 5) is 39.3. The highest BCUT2D eigenvalue weighted by molar-refractivity contribution is 14.1. The zero-order valence-electron chi connectivity index (χ0n) is 19.2. The molecule has 2 aliphatic rings. The van der Waals surface area contributed by atoms with Crippen molar-refractivity contribution in [1.82, 2.24) is 5.32 Å². The minimum atomic E-state index is -0.860. The molecular weight excluding hydrogens is 615 g/mol. The number of methoxy groups -OCH3 is 1. The first-order valence-corrected chi connectivity index (χ1v) is 12.4. The topological polar surface area (TPSA) is 103 Å². The fourth-order valence-corrected chi connectivity index (χ4v) is 4.78. The predicted octanol–water partition coefficient (Wildman–Crippen LogP) is 4.93. The number of rotatable bonds is 6. The van der Waals surface area contributed by atoms with Gasteiger partial charge in [0, 0.05) is 16.7 Å². The molecule has 11 heteroatoms. The van der Waals surface area contributed by atoms with Crippen molar-refractivity contribution in [3.8, 4) is 23.0 Å². The lowest BCUT2D eigenvalue weighted by atomic mass is 10.1. The van der Waals surface area contributed by atoms with Crippen molar-refractivity contribution >= 4 is 63.8 Å². The average Bonchev–Trinajstić information content (AvgIpc) is 3.34. The van der Waals surface area contributed by atoms with E-state index in [-0.39, 0.29) is 24.7 Å². The van der Waals surface area contributed by atoms with E-state index in [1.54, 1.807) is 24.3 Å². The van der Waals surface area contributed by atoms with E-state index in [1.807, 2.05) is 18.2 Å². The molecule has 0 radical (unpaired) electrons. The van der Waals surface area contributed by atoms with Gasteiger partial charge >= 0.3 is 6.03 Å². The molecule has 2 aliphatic heterocycles. The second kappa shape index (κ2) is 10.3. The number of urea groups is 1. The summed E-state index contributed by atoms with van der Waals surface area (Å²) in [5.74, 6) is 0.201. The molecule has 0 unspecified atom stereocenters. The van der Waals surface area contributed by atoms with Crippen LogP contribution in [0.25, 0.3) is 6.08 Å². The lowest BCUT2D eigenvalue weighted by Crippen LogP contribution is -2.54. The van der Waals surface area contributed by atoms with Gasteiger partial charge in [-0.05, 0) is 64.6 Å². The van der Waals surface area contributed by atoms with Crippen molar-refractivity contribution in [3.05, 3.63) is 79.9 Å². The molecular formula is C26H18ClIN2O7. The highest BCUT2D eigenvalue weighted by Crippen LogP contribution is 2.38. The standard InChI is InChI=1S/C26H18ClIN2O7/c1-34-22-10-14(9-19(28)23(22)35-12-15-4-2-3-5-18(15)27)8-17-24(31)29-26(33)30(25(17)32)16-6-7-20-21(11-16)37-13-36-20/h2-11H,12-13H2,1H3,(H,29,31,33)/b17-8+. The molecule has 3 aromatic carbocycles. The fraction of sp³-hybridized carbons (Fsp3) is 0.115. The second-order valence-electron chi connectivity index (χ2n) is 7.91. The van der Waals surface area contributed by atoms with Crippen LogP contribution in [-0.2, 0) is 16.2 Å². The number of nitrogens with one attached hydrogen (secondary N) is 1. The Morgan fingerprint density at radius 3 is 2.65 bits per heavy atom. The first kappa shape index (κ1) is 24.9. The van der Waals surface area contributed by atoms with Gasteiger partial charge in [-0.15, -0.1) is 0 Å². The van der Waals surface area contributed by atoms with Crippen LogP contribution in [0.5, 0.6) is 23.0 Å². The van der Waals surface area contributed by atoms with Crippen LogP contribution in [0.15, 0.2) is 60.2 Å². The number of hydrogen-bond donors (Lipinski definition) is 1. The normalized spacial score (nSPS) is 15.7. The molecule has 9 nitrogen and oxygen atoms in total. The molecule has 0 aromatic heterocycles. The van der Waals surface area contributed by atoms with E-state index < -0.39 is 17.8 Å². The number of imide groups is 2. The zero-order chi connectivity index (χ0) is 26.1. The molecule has 0 atom stereocenters. The maximum absolute atomic E-state index is 13.3. The number of ether oxygens (including phenoxy) is 4. The maximum atomic E-state index is 13.3. The SMILES string of the molecule is COc1cc(/C=C2\C(=O)NC(=O)N(c3ccc4c(c3)OCO4)C2=O)cc(I)c1OCc1ccccc1Cl. The number of carbonyl (C=O) groups excluding carboxylic acids is 3. The third-order valence-electron chi connectivity index (χ3n) is 5.61. The Balaban J connectivity index is 1.44. The number of fused-ring (bicyclic) bond motifs is 1. The highest BCUT2D eigenvalue weighted by atomic mass is 127. The number of amides is 4. The Hall–Kier alpha value is -3.77. The second-order valence-corrected chi connectivity index (χ2v) is 9.48. The van der Waals surface area contributed by atoms with Crippen LogP contribution in [0.3, 0.4) is 0 Å². The van der Waals surface area contributed by atoms with E-state index in [0.717, 1.165) is 10.5 Å². The molecule has 4 amide bonds. The largest absolute Gasteiger partial charge is 0.493 e. The molecule has 1 saturated heterocycles. The van der Waals surface area contributed by atoms with Gasteiger partial charge < -0.3 is 18.9 Å². The van der Waals surface area contributed by atoms with Gasteiger partial charge in [0.2, 0.25) is 6.79 Å². The van der Waals surface area contributed by atoms with Gasteiger partial charge in [-0.1, -0.05) is 29.8 Å². The lowest BCUT2D eigenvalue weighted by molar-refractivity contribution is -0.122. The zero-order valence-corrected chi connectivity index (χ0v) is 22.2. The third-order valence-corrected chi connectivity index (χ3v) is 6.78. The van der Waals surface area contributed by atoms with Gasteiger partial charge in [-0.3, -0.25) is 14.9 Å². The molecule has 188 valence electrons. The summed E-state index contributed by atoms with van der Waals surface area (Å²) in [5, 5.41) is 2.80. The molecule has 0 bridgehead atoms. The quantitative estimate of drug-likeness (QED) is 0.234. The summed E-state index contributed by atoms with van der Waals surface area (Å²) in [7, 11) is 1.49. The van der Waals surface area contributed by atoms with Crippen LogP contribution < -0.4 is 29.2 Å². The van der Waals surface area contributed by atoms with Gasteiger partial charge in [0.15, 0.2) is 23.0 Å². The Bertz CT molecular complexity index is 1470. The summed E-state index contributed by atoms with van der Waals surface area (Å²) < 4.78 is 22.8. The van der Waals surface area contributed by atoms with E-state index in [4.69, 9.17) is 30.5 Å². The Morgan fingerprint density at radius 2 is 1.86 bits per heavy atom. The summed E-state index contributed by atoms with van der Waals surface area (Å²) in [5.41, 5.74) is 1.33. The van der Waals surface area contributed by atoms with Crippen molar-refractivity contribution < 1.29 is 33.3 Å². The smallest absolute Gasteiger partial charge is 0.335 e. The molecule has 2 heterocycles. The van der Waals surface area contributed by atoms with Gasteiger partial charge in [0.05, 0.1) is 16.4 Å². The summed E-state index contributed by atoms with van der Waals surface area (Å²) in [6, 6.07) is 14.5. The number of halogens is 2. The van der Waals surface area contributed by atoms with Crippen LogP contribution >= 0.6 is 34.2 Å². The third kappa shape index (κ3) is 4.94. The number of anilines is 1. The molecule has 0 aliphatic carbocycles. The Labute approximate surface area is 230 Å². The van der Waals surface area contributed by atoms with Crippen molar-refractivity contribution in [2.45, 2.75) is 6.61 Å². The van der Waals surface area contributed by atoms with E-state index >= 15 is 0 Å². The van der Waals surface area contributed by atoms with Crippen LogP contribution in [0.2, 0.25) is 5.02 Å². The Morgan fingerprint density at radius 1 is 1.08 bits per heavy atom. The predicted molar refractivity (Wildman–Crippen MR) is 143 cm³/mol. The molecule has 1 N–H and O–H groups in total. The van der Waals surface area contributed by atoms with E-state index in [1.165, 1.54) is 25.3 Å². The minimum absolute atomic E-state index is 0.0428. The van der Waals surface area contributed by atoms with Gasteiger partial charge in [0.25, 0.3) is 11.8 Å². The van der Waals surface area contributed by atoms with Crippen molar-refractivity contribution in [1.29, 1.82) is 0 Å². The number of benzene rings is 3. The van der Waals surface area contributed by atoms with Gasteiger partial charge in [-0.2, -0.15) is 0 Å². The van der Waals surface area contributed by atoms with E-state index in [2.05, 4.69) is 27.9 Å². The van der Waals surface area contributed by atoms with Crippen LogP contribution in [0, 0.1) is 3.57 Å². The fourth-order valence-electron chi connectivity index (χ4n) is 3.81. The minimum Gasteiger partial charge on any atom is -0.493 e. The molecule has 3 aromatic rings. The molecule has 0 saturated carbocycles. The lowest BCUT2D eigenvalue weighted by Gasteiger charge is -2.26. The molecule has 0 spiro atoms.